The predicted octanol–water partition coefficient (Wildman–Crippen LogP) is 6.66. The molecule has 0 spiro atoms. The first-order valence-electron chi connectivity index (χ1n) is 8.23. The predicted molar refractivity (Wildman–Crippen MR) is 111 cm³/mol. The van der Waals surface area contributed by atoms with Crippen LogP contribution in [0, 0.1) is 0 Å². The molecule has 0 radical (unpaired) electrons. The molecule has 0 bridgehead atoms. The van der Waals surface area contributed by atoms with Gasteiger partial charge in [-0.2, -0.15) is 0 Å². The van der Waals surface area contributed by atoms with E-state index in [2.05, 4.69) is 110 Å². The van der Waals surface area contributed by atoms with Crippen LogP contribution in [0.2, 0.25) is 0 Å². The summed E-state index contributed by atoms with van der Waals surface area (Å²) in [5, 5.41) is 0. The SMILES string of the molecule is C.b1ccc(-c2ccccc2)c(-c2ccccc2)c1-c1ccccc1. The summed E-state index contributed by atoms with van der Waals surface area (Å²) in [6, 6.07) is 34.1. The number of hydrogen-bond donors (Lipinski definition) is 0. The monoisotopic (exact) mass is 320 g/mol. The van der Waals surface area contributed by atoms with Gasteiger partial charge >= 0.3 is 143 Å². The fourth-order valence-electron chi connectivity index (χ4n) is 3.18. The molecule has 120 valence electrons. The van der Waals surface area contributed by atoms with Crippen molar-refractivity contribution in [2.45, 2.75) is 7.43 Å². The molecule has 4 aromatic rings. The minimum absolute atomic E-state index is 0. The third kappa shape index (κ3) is 3.46. The Morgan fingerprint density at radius 1 is 0.480 bits per heavy atom. The molecule has 0 saturated heterocycles. The van der Waals surface area contributed by atoms with E-state index in [9.17, 15) is 0 Å². The summed E-state index contributed by atoms with van der Waals surface area (Å²) in [7, 11) is 0. The zero-order valence-corrected chi connectivity index (χ0v) is 13.4. The van der Waals surface area contributed by atoms with E-state index in [0.717, 1.165) is 0 Å². The van der Waals surface area contributed by atoms with E-state index < -0.39 is 0 Å². The van der Waals surface area contributed by atoms with E-state index in [1.165, 1.54) is 33.3 Å². The second-order valence-corrected chi connectivity index (χ2v) is 5.83. The Hall–Kier alpha value is -2.93. The average Bonchev–Trinajstić information content (AvgIpc) is 2.69. The standard InChI is InChI=1S/C23H17B.CH4/c1-4-10-18(11-5-1)21-16-17-24-23(20-14-8-3-9-15-20)22(21)19-12-6-2-7-13-19;/h1-17H;1H4. The van der Waals surface area contributed by atoms with Crippen LogP contribution in [0.25, 0.3) is 33.3 Å². The molecule has 0 aliphatic carbocycles. The van der Waals surface area contributed by atoms with Gasteiger partial charge in [0.2, 0.25) is 0 Å². The van der Waals surface area contributed by atoms with Crippen molar-refractivity contribution in [2.24, 2.45) is 0 Å². The molecular weight excluding hydrogens is 299 g/mol. The molecule has 0 unspecified atom stereocenters. The van der Waals surface area contributed by atoms with Gasteiger partial charge in [-0.05, 0) is 0 Å². The summed E-state index contributed by atoms with van der Waals surface area (Å²) in [5.41, 5.74) is 7.56. The summed E-state index contributed by atoms with van der Waals surface area (Å²) in [5.74, 6) is 2.15. The van der Waals surface area contributed by atoms with Crippen LogP contribution in [0.4, 0.5) is 0 Å². The molecule has 0 aliphatic heterocycles. The topological polar surface area (TPSA) is 0 Å². The van der Waals surface area contributed by atoms with Crippen LogP contribution in [0.15, 0.2) is 103 Å². The van der Waals surface area contributed by atoms with E-state index in [1.807, 2.05) is 0 Å². The maximum atomic E-state index is 2.21. The number of hydrogen-bond acceptors (Lipinski definition) is 0. The second-order valence-electron chi connectivity index (χ2n) is 5.83. The van der Waals surface area contributed by atoms with Gasteiger partial charge in [0.15, 0.2) is 0 Å². The Morgan fingerprint density at radius 3 is 1.52 bits per heavy atom. The van der Waals surface area contributed by atoms with Gasteiger partial charge in [-0.15, -0.1) is 0 Å². The average molecular weight is 320 g/mol. The first-order valence-corrected chi connectivity index (χ1v) is 8.23. The maximum absolute atomic E-state index is 2.21. The van der Waals surface area contributed by atoms with Crippen LogP contribution in [-0.4, -0.2) is 6.91 Å². The molecule has 0 N–H and O–H groups in total. The molecule has 0 aliphatic rings. The second kappa shape index (κ2) is 7.76. The van der Waals surface area contributed by atoms with Gasteiger partial charge in [0, 0.05) is 0 Å². The van der Waals surface area contributed by atoms with Gasteiger partial charge in [0.25, 0.3) is 0 Å². The molecular formula is C24H21B. The molecule has 0 amide bonds. The summed E-state index contributed by atoms with van der Waals surface area (Å²) in [6.07, 6.45) is 0. The van der Waals surface area contributed by atoms with Gasteiger partial charge < -0.3 is 0 Å². The fraction of sp³-hybridized carbons (Fsp3) is 0.0417. The Morgan fingerprint density at radius 2 is 0.960 bits per heavy atom. The van der Waals surface area contributed by atoms with Crippen LogP contribution in [0.3, 0.4) is 0 Å². The van der Waals surface area contributed by atoms with E-state index >= 15 is 0 Å². The summed E-state index contributed by atoms with van der Waals surface area (Å²) in [4.78, 5) is 0. The molecule has 25 heavy (non-hydrogen) atoms. The fourth-order valence-corrected chi connectivity index (χ4v) is 3.18. The van der Waals surface area contributed by atoms with Crippen molar-refractivity contribution in [1.82, 2.24) is 0 Å². The third-order valence-electron chi connectivity index (χ3n) is 4.30. The van der Waals surface area contributed by atoms with Crippen molar-refractivity contribution in [2.75, 3.05) is 0 Å². The third-order valence-corrected chi connectivity index (χ3v) is 4.30. The van der Waals surface area contributed by atoms with Crippen molar-refractivity contribution >= 4 is 6.91 Å². The van der Waals surface area contributed by atoms with Crippen LogP contribution >= 0.6 is 0 Å². The van der Waals surface area contributed by atoms with E-state index in [1.54, 1.807) is 0 Å². The molecule has 3 aromatic carbocycles. The van der Waals surface area contributed by atoms with Crippen molar-refractivity contribution in [1.29, 1.82) is 0 Å². The number of rotatable bonds is 3. The Balaban J connectivity index is 0.00000182. The molecule has 1 heterocycles. The van der Waals surface area contributed by atoms with E-state index in [-0.39, 0.29) is 7.43 Å². The molecule has 0 atom stereocenters. The van der Waals surface area contributed by atoms with Crippen molar-refractivity contribution in [3.8, 4) is 33.3 Å². The molecule has 4 rings (SSSR count). The molecule has 1 heteroatoms. The van der Waals surface area contributed by atoms with Crippen molar-refractivity contribution in [3.05, 3.63) is 103 Å². The molecule has 0 fully saturated rings. The van der Waals surface area contributed by atoms with Gasteiger partial charge in [-0.25, -0.2) is 0 Å². The summed E-state index contributed by atoms with van der Waals surface area (Å²) in [6.45, 7) is 2.21. The van der Waals surface area contributed by atoms with Crippen molar-refractivity contribution in [3.63, 3.8) is 0 Å². The van der Waals surface area contributed by atoms with Gasteiger partial charge in [-0.3, -0.25) is 0 Å². The van der Waals surface area contributed by atoms with Crippen LogP contribution in [-0.2, 0) is 0 Å². The summed E-state index contributed by atoms with van der Waals surface area (Å²) >= 11 is 0. The molecule has 1 aromatic heterocycles. The minimum atomic E-state index is 0. The Labute approximate surface area is 151 Å². The Bertz CT molecular complexity index is 872. The van der Waals surface area contributed by atoms with Gasteiger partial charge in [-0.1, -0.05) is 7.43 Å². The van der Waals surface area contributed by atoms with E-state index in [4.69, 9.17) is 0 Å². The first-order chi connectivity index (χ1) is 11.9. The van der Waals surface area contributed by atoms with Gasteiger partial charge in [0.05, 0.1) is 0 Å². The van der Waals surface area contributed by atoms with E-state index in [0.29, 0.717) is 0 Å². The normalized spacial score (nSPS) is 9.92. The molecule has 0 nitrogen and oxygen atoms in total. The zero-order valence-electron chi connectivity index (χ0n) is 13.4. The zero-order chi connectivity index (χ0) is 16.2. The van der Waals surface area contributed by atoms with Crippen LogP contribution < -0.4 is 0 Å². The number of benzene rings is 3. The molecule has 0 saturated carbocycles. The quantitative estimate of drug-likeness (QED) is 0.396. The summed E-state index contributed by atoms with van der Waals surface area (Å²) < 4.78 is 0. The van der Waals surface area contributed by atoms with Gasteiger partial charge in [0.1, 0.15) is 0 Å². The van der Waals surface area contributed by atoms with Crippen LogP contribution in [0.5, 0.6) is 0 Å². The van der Waals surface area contributed by atoms with Crippen molar-refractivity contribution < 1.29 is 0 Å². The van der Waals surface area contributed by atoms with Crippen LogP contribution in [0.1, 0.15) is 7.43 Å². The first kappa shape index (κ1) is 16.9. The Kier molecular flexibility index (Phi) is 5.25.